The van der Waals surface area contributed by atoms with Crippen molar-refractivity contribution in [1.82, 2.24) is 0 Å². The second-order valence-corrected chi connectivity index (χ2v) is 11.4. The van der Waals surface area contributed by atoms with Gasteiger partial charge >= 0.3 is 7.82 Å². The zero-order valence-electron chi connectivity index (χ0n) is 23.6. The van der Waals surface area contributed by atoms with E-state index in [-0.39, 0.29) is 24.9 Å². The molecule has 0 heterocycles. The van der Waals surface area contributed by atoms with Gasteiger partial charge in [0.15, 0.2) is 0 Å². The third-order valence-corrected chi connectivity index (χ3v) is 7.47. The number of Topliss-reactive ketones (excluding diaryl/α,β-unsaturated/α-hetero) is 1. The number of likely N-dealkylation sites (N-methyl/N-ethyl adjacent to an activating group) is 1. The van der Waals surface area contributed by atoms with Crippen molar-refractivity contribution >= 4 is 13.6 Å². The van der Waals surface area contributed by atoms with Crippen LogP contribution in [0.4, 0.5) is 0 Å². The molecule has 0 radical (unpaired) electrons. The number of phosphoric ester groups is 1. The Kier molecular flexibility index (Phi) is 19.8. The number of quaternary nitrogens is 1. The third-order valence-electron chi connectivity index (χ3n) is 6.48. The lowest BCUT2D eigenvalue weighted by Gasteiger charge is -2.19. The number of ether oxygens (including phenoxy) is 1. The Morgan fingerprint density at radius 3 is 2.22 bits per heavy atom. The lowest BCUT2D eigenvalue weighted by molar-refractivity contribution is -0.627. The van der Waals surface area contributed by atoms with Crippen LogP contribution in [0.1, 0.15) is 103 Å². The molecule has 0 amide bonds. The number of carbonyl (C=O) groups excluding carboxylic acids is 1. The lowest BCUT2D eigenvalue weighted by Crippen LogP contribution is -2.80. The normalized spacial score (nSPS) is 13.8. The maximum absolute atomic E-state index is 12.1. The molecule has 2 atom stereocenters. The lowest BCUT2D eigenvalue weighted by atomic mass is 9.94. The molecule has 3 N–H and O–H groups in total. The second-order valence-electron chi connectivity index (χ2n) is 9.99. The van der Waals surface area contributed by atoms with E-state index in [1.807, 2.05) is 43.6 Å². The first-order chi connectivity index (χ1) is 17.9. The van der Waals surface area contributed by atoms with Gasteiger partial charge in [0.1, 0.15) is 18.1 Å². The summed E-state index contributed by atoms with van der Waals surface area (Å²) in [6.07, 6.45) is 15.6. The fraction of sp³-hybridized carbons (Fsp3) is 0.759. The van der Waals surface area contributed by atoms with Crippen molar-refractivity contribution in [1.29, 1.82) is 0 Å². The van der Waals surface area contributed by atoms with Crippen molar-refractivity contribution in [2.45, 2.75) is 104 Å². The van der Waals surface area contributed by atoms with Gasteiger partial charge in [-0.1, -0.05) is 90.2 Å². The fourth-order valence-electron chi connectivity index (χ4n) is 4.23. The number of nitrogens with two attached hydrogens (primary N) is 1. The van der Waals surface area contributed by atoms with Crippen molar-refractivity contribution < 1.29 is 33.4 Å². The summed E-state index contributed by atoms with van der Waals surface area (Å²) in [5, 5.41) is 1.86. The molecule has 0 spiro atoms. The van der Waals surface area contributed by atoms with Gasteiger partial charge in [-0.25, -0.2) is 4.57 Å². The monoisotopic (exact) mass is 542 g/mol. The molecule has 0 aliphatic heterocycles. The highest BCUT2D eigenvalue weighted by atomic mass is 31.2. The molecule has 214 valence electrons. The van der Waals surface area contributed by atoms with E-state index in [9.17, 15) is 14.3 Å². The summed E-state index contributed by atoms with van der Waals surface area (Å²) in [6, 6.07) is 7.88. The molecule has 8 heteroatoms. The van der Waals surface area contributed by atoms with Crippen molar-refractivity contribution in [3.8, 4) is 5.75 Å². The number of ketones is 1. The largest absolute Gasteiger partial charge is 0.494 e. The predicted octanol–water partition coefficient (Wildman–Crippen LogP) is 6.23. The van der Waals surface area contributed by atoms with E-state index >= 15 is 0 Å². The highest BCUT2D eigenvalue weighted by Crippen LogP contribution is 2.43. The van der Waals surface area contributed by atoms with Crippen molar-refractivity contribution in [3.63, 3.8) is 0 Å². The van der Waals surface area contributed by atoms with E-state index in [4.69, 9.17) is 13.8 Å². The molecule has 1 aromatic rings. The SMILES string of the molecule is CCCCCCCCCCCCCOc1cccc(CC(COP(=O)(O)OCC[NH2+]C)CC(=O)CC)c1. The number of rotatable bonds is 25. The topological polar surface area (TPSA) is 98.7 Å². The van der Waals surface area contributed by atoms with Crippen LogP contribution in [0.25, 0.3) is 0 Å². The van der Waals surface area contributed by atoms with E-state index in [0.717, 1.165) is 17.7 Å². The van der Waals surface area contributed by atoms with Crippen LogP contribution < -0.4 is 10.1 Å². The van der Waals surface area contributed by atoms with Gasteiger partial charge in [-0.3, -0.25) is 13.8 Å². The first-order valence-corrected chi connectivity index (χ1v) is 16.0. The number of phosphoric acid groups is 1. The Morgan fingerprint density at radius 1 is 0.946 bits per heavy atom. The molecule has 0 fully saturated rings. The summed E-state index contributed by atoms with van der Waals surface area (Å²) in [7, 11) is -2.28. The van der Waals surface area contributed by atoms with Crippen LogP contribution >= 0.6 is 7.82 Å². The molecule has 0 aromatic heterocycles. The Labute approximate surface area is 225 Å². The smallest absolute Gasteiger partial charge is 0.472 e. The molecular formula is C29H53NO6P+. The highest BCUT2D eigenvalue weighted by Gasteiger charge is 2.24. The van der Waals surface area contributed by atoms with Gasteiger partial charge in [0, 0.05) is 12.8 Å². The molecule has 0 bridgehead atoms. The standard InChI is InChI=1S/C29H52NO6P/c1-4-6-7-8-9-10-11-12-13-14-15-20-34-29-18-16-17-26(24-29)22-27(23-28(31)5-2)25-36-37(32,33)35-21-19-30-3/h16-18,24,27,30H,4-15,19-23,25H2,1-3H3,(H,32,33)/p+1. The van der Waals surface area contributed by atoms with Crippen LogP contribution in [-0.4, -0.2) is 44.1 Å². The number of hydrogen-bond acceptors (Lipinski definition) is 5. The van der Waals surface area contributed by atoms with E-state index in [1.165, 1.54) is 64.2 Å². The Hall–Kier alpha value is -1.24. The maximum Gasteiger partial charge on any atom is 0.472 e. The van der Waals surface area contributed by atoms with Crippen molar-refractivity contribution in [3.05, 3.63) is 29.8 Å². The number of carbonyl (C=O) groups is 1. The van der Waals surface area contributed by atoms with Gasteiger partial charge in [0.25, 0.3) is 0 Å². The average molecular weight is 543 g/mol. The number of hydrogen-bond donors (Lipinski definition) is 2. The van der Waals surface area contributed by atoms with Gasteiger partial charge < -0.3 is 14.9 Å². The summed E-state index contributed by atoms with van der Waals surface area (Å²) >= 11 is 0. The van der Waals surface area contributed by atoms with Crippen molar-refractivity contribution in [2.24, 2.45) is 5.92 Å². The van der Waals surface area contributed by atoms with Crippen molar-refractivity contribution in [2.75, 3.05) is 33.4 Å². The van der Waals surface area contributed by atoms with Crippen LogP contribution in [0.3, 0.4) is 0 Å². The second kappa shape index (κ2) is 21.7. The molecule has 0 aliphatic rings. The Balaban J connectivity index is 2.39. The minimum Gasteiger partial charge on any atom is -0.494 e. The summed E-state index contributed by atoms with van der Waals surface area (Å²) in [5.41, 5.74) is 1.02. The summed E-state index contributed by atoms with van der Waals surface area (Å²) in [5.74, 6) is 0.709. The molecule has 0 saturated carbocycles. The molecule has 1 aromatic carbocycles. The maximum atomic E-state index is 12.1. The minimum atomic E-state index is -4.14. The Bertz CT molecular complexity index is 760. The van der Waals surface area contributed by atoms with Crippen LogP contribution in [0.5, 0.6) is 5.75 Å². The molecule has 2 unspecified atom stereocenters. The quantitative estimate of drug-likeness (QED) is 0.112. The zero-order chi connectivity index (χ0) is 27.2. The first-order valence-electron chi connectivity index (χ1n) is 14.5. The van der Waals surface area contributed by atoms with Gasteiger partial charge in [0.2, 0.25) is 0 Å². The van der Waals surface area contributed by atoms with E-state index in [2.05, 4.69) is 6.92 Å². The number of unbranched alkanes of at least 4 members (excludes halogenated alkanes) is 10. The van der Waals surface area contributed by atoms with Crippen LogP contribution in [0.15, 0.2) is 24.3 Å². The fourth-order valence-corrected chi connectivity index (χ4v) is 5.04. The third kappa shape index (κ3) is 18.6. The Morgan fingerprint density at radius 2 is 1.59 bits per heavy atom. The zero-order valence-corrected chi connectivity index (χ0v) is 24.5. The predicted molar refractivity (Wildman–Crippen MR) is 150 cm³/mol. The minimum absolute atomic E-state index is 0.0147. The molecule has 0 aliphatic carbocycles. The van der Waals surface area contributed by atoms with Gasteiger partial charge in [-0.2, -0.15) is 0 Å². The van der Waals surface area contributed by atoms with E-state index in [1.54, 1.807) is 0 Å². The average Bonchev–Trinajstić information content (AvgIpc) is 2.88. The summed E-state index contributed by atoms with van der Waals surface area (Å²) < 4.78 is 28.3. The van der Waals surface area contributed by atoms with Crippen LogP contribution in [-0.2, 0) is 24.8 Å². The molecule has 37 heavy (non-hydrogen) atoms. The first kappa shape index (κ1) is 33.8. The van der Waals surface area contributed by atoms with Gasteiger partial charge in [-0.15, -0.1) is 0 Å². The molecule has 7 nitrogen and oxygen atoms in total. The molecule has 1 rings (SSSR count). The van der Waals surface area contributed by atoms with E-state index in [0.29, 0.717) is 32.4 Å². The van der Waals surface area contributed by atoms with Gasteiger partial charge in [-0.05, 0) is 36.5 Å². The van der Waals surface area contributed by atoms with Gasteiger partial charge in [0.05, 0.1) is 26.8 Å². The van der Waals surface area contributed by atoms with Crippen LogP contribution in [0.2, 0.25) is 0 Å². The van der Waals surface area contributed by atoms with E-state index < -0.39 is 7.82 Å². The summed E-state index contributed by atoms with van der Waals surface area (Å²) in [6.45, 7) is 5.46. The highest BCUT2D eigenvalue weighted by molar-refractivity contribution is 7.47. The number of benzene rings is 1. The van der Waals surface area contributed by atoms with Crippen LogP contribution in [0, 0.1) is 5.92 Å². The molecular weight excluding hydrogens is 489 g/mol. The molecule has 0 saturated heterocycles. The summed E-state index contributed by atoms with van der Waals surface area (Å²) in [4.78, 5) is 22.0.